The van der Waals surface area contributed by atoms with Gasteiger partial charge in [-0.15, -0.1) is 11.8 Å². The lowest BCUT2D eigenvalue weighted by molar-refractivity contribution is -0.139. The Labute approximate surface area is 162 Å². The highest BCUT2D eigenvalue weighted by molar-refractivity contribution is 8.00. The first-order valence-corrected chi connectivity index (χ1v) is 9.67. The summed E-state index contributed by atoms with van der Waals surface area (Å²) in [6.45, 7) is 2.21. The number of hydrogen-bond donors (Lipinski definition) is 0. The molecule has 0 aliphatic carbocycles. The minimum absolute atomic E-state index is 0.162. The van der Waals surface area contributed by atoms with Gasteiger partial charge < -0.3 is 9.47 Å². The van der Waals surface area contributed by atoms with Crippen LogP contribution in [0.2, 0.25) is 0 Å². The summed E-state index contributed by atoms with van der Waals surface area (Å²) in [5.41, 5.74) is 0.494. The van der Waals surface area contributed by atoms with Crippen molar-refractivity contribution in [1.29, 1.82) is 0 Å². The van der Waals surface area contributed by atoms with E-state index >= 15 is 0 Å². The van der Waals surface area contributed by atoms with Crippen LogP contribution in [0.3, 0.4) is 0 Å². The molecule has 0 fully saturated rings. The minimum atomic E-state index is -0.410. The summed E-state index contributed by atoms with van der Waals surface area (Å²) < 4.78 is 10.4. The van der Waals surface area contributed by atoms with Gasteiger partial charge in [-0.05, 0) is 54.1 Å². The largest absolute Gasteiger partial charge is 0.494 e. The van der Waals surface area contributed by atoms with E-state index < -0.39 is 5.97 Å². The zero-order valence-electron chi connectivity index (χ0n) is 15.0. The maximum Gasteiger partial charge on any atom is 0.316 e. The number of ketones is 1. The van der Waals surface area contributed by atoms with Crippen molar-refractivity contribution in [3.63, 3.8) is 0 Å². The van der Waals surface area contributed by atoms with E-state index in [0.717, 1.165) is 15.7 Å². The van der Waals surface area contributed by atoms with Crippen LogP contribution in [0.5, 0.6) is 5.75 Å². The second-order valence-corrected chi connectivity index (χ2v) is 6.89. The Morgan fingerprint density at radius 1 is 0.926 bits per heavy atom. The van der Waals surface area contributed by atoms with Gasteiger partial charge in [-0.25, -0.2) is 0 Å². The van der Waals surface area contributed by atoms with Crippen LogP contribution in [-0.4, -0.2) is 30.7 Å². The highest BCUT2D eigenvalue weighted by atomic mass is 32.2. The SMILES string of the molecule is CCOc1ccc(C(=O)COC(=O)CSc2ccc3ccccc3c2)cc1. The summed E-state index contributed by atoms with van der Waals surface area (Å²) in [6, 6.07) is 20.9. The molecule has 0 spiro atoms. The first-order valence-electron chi connectivity index (χ1n) is 8.69. The van der Waals surface area contributed by atoms with E-state index in [-0.39, 0.29) is 18.1 Å². The average molecular weight is 380 g/mol. The third-order valence-corrected chi connectivity index (χ3v) is 4.90. The Hall–Kier alpha value is -2.79. The van der Waals surface area contributed by atoms with Crippen LogP contribution in [-0.2, 0) is 9.53 Å². The topological polar surface area (TPSA) is 52.6 Å². The Kier molecular flexibility index (Phi) is 6.49. The first-order chi connectivity index (χ1) is 13.2. The molecule has 5 heteroatoms. The van der Waals surface area contributed by atoms with E-state index in [1.807, 2.05) is 49.4 Å². The van der Waals surface area contributed by atoms with Crippen molar-refractivity contribution in [2.24, 2.45) is 0 Å². The van der Waals surface area contributed by atoms with Crippen molar-refractivity contribution < 1.29 is 19.1 Å². The lowest BCUT2D eigenvalue weighted by atomic mass is 10.1. The highest BCUT2D eigenvalue weighted by Crippen LogP contribution is 2.23. The fourth-order valence-electron chi connectivity index (χ4n) is 2.57. The number of esters is 1. The zero-order chi connectivity index (χ0) is 19.1. The van der Waals surface area contributed by atoms with Crippen LogP contribution in [0.4, 0.5) is 0 Å². The van der Waals surface area contributed by atoms with Gasteiger partial charge in [0.05, 0.1) is 12.4 Å². The molecule has 0 bridgehead atoms. The van der Waals surface area contributed by atoms with Gasteiger partial charge in [-0.3, -0.25) is 9.59 Å². The molecule has 0 heterocycles. The van der Waals surface area contributed by atoms with Crippen LogP contribution in [0, 0.1) is 0 Å². The normalized spacial score (nSPS) is 10.6. The van der Waals surface area contributed by atoms with Gasteiger partial charge in [0, 0.05) is 10.5 Å². The van der Waals surface area contributed by atoms with Crippen molar-refractivity contribution in [2.45, 2.75) is 11.8 Å². The number of Topliss-reactive ketones (excluding diaryl/α,β-unsaturated/α-hetero) is 1. The second-order valence-electron chi connectivity index (χ2n) is 5.84. The van der Waals surface area contributed by atoms with Crippen molar-refractivity contribution in [3.05, 3.63) is 72.3 Å². The van der Waals surface area contributed by atoms with Crippen molar-refractivity contribution in [3.8, 4) is 5.75 Å². The number of hydrogen-bond acceptors (Lipinski definition) is 5. The van der Waals surface area contributed by atoms with Gasteiger partial charge in [-0.1, -0.05) is 30.3 Å². The number of fused-ring (bicyclic) bond motifs is 1. The lowest BCUT2D eigenvalue weighted by Crippen LogP contribution is -2.15. The third kappa shape index (κ3) is 5.34. The molecule has 3 rings (SSSR count). The smallest absolute Gasteiger partial charge is 0.316 e. The second kappa shape index (κ2) is 9.24. The lowest BCUT2D eigenvalue weighted by Gasteiger charge is -2.06. The molecule has 0 aromatic heterocycles. The van der Waals surface area contributed by atoms with Crippen LogP contribution in [0.15, 0.2) is 71.6 Å². The molecule has 0 aliphatic heterocycles. The monoisotopic (exact) mass is 380 g/mol. The van der Waals surface area contributed by atoms with E-state index in [0.29, 0.717) is 17.9 Å². The fraction of sp³-hybridized carbons (Fsp3) is 0.182. The standard InChI is InChI=1S/C22H20O4S/c1-2-25-19-10-7-17(8-11-19)21(23)14-26-22(24)15-27-20-12-9-16-5-3-4-6-18(16)13-20/h3-13H,2,14-15H2,1H3. The zero-order valence-corrected chi connectivity index (χ0v) is 15.8. The van der Waals surface area contributed by atoms with Gasteiger partial charge in [-0.2, -0.15) is 0 Å². The number of ether oxygens (including phenoxy) is 2. The van der Waals surface area contributed by atoms with Crippen LogP contribution >= 0.6 is 11.8 Å². The maximum absolute atomic E-state index is 12.1. The summed E-state index contributed by atoms with van der Waals surface area (Å²) in [5, 5.41) is 2.28. The number of benzene rings is 3. The predicted octanol–water partition coefficient (Wildman–Crippen LogP) is 4.76. The van der Waals surface area contributed by atoms with Crippen LogP contribution in [0.1, 0.15) is 17.3 Å². The molecule has 138 valence electrons. The Bertz CT molecular complexity index is 934. The van der Waals surface area contributed by atoms with Gasteiger partial charge in [0.15, 0.2) is 12.4 Å². The molecule has 0 saturated heterocycles. The molecule has 0 N–H and O–H groups in total. The summed E-state index contributed by atoms with van der Waals surface area (Å²) >= 11 is 1.40. The molecule has 27 heavy (non-hydrogen) atoms. The number of carbonyl (C=O) groups excluding carboxylic acids is 2. The molecule has 0 amide bonds. The summed E-state index contributed by atoms with van der Waals surface area (Å²) in [6.07, 6.45) is 0. The van der Waals surface area contributed by atoms with Gasteiger partial charge in [0.1, 0.15) is 5.75 Å². The molecule has 0 unspecified atom stereocenters. The minimum Gasteiger partial charge on any atom is -0.494 e. The van der Waals surface area contributed by atoms with Gasteiger partial charge in [0.25, 0.3) is 0 Å². The summed E-state index contributed by atoms with van der Waals surface area (Å²) in [4.78, 5) is 25.0. The average Bonchev–Trinajstić information content (AvgIpc) is 2.71. The van der Waals surface area contributed by atoms with E-state index in [1.165, 1.54) is 11.8 Å². The number of rotatable bonds is 8. The molecule has 0 radical (unpaired) electrons. The summed E-state index contributed by atoms with van der Waals surface area (Å²) in [5.74, 6) is 0.224. The molecule has 3 aromatic rings. The van der Waals surface area contributed by atoms with Crippen LogP contribution in [0.25, 0.3) is 10.8 Å². The third-order valence-electron chi connectivity index (χ3n) is 3.93. The highest BCUT2D eigenvalue weighted by Gasteiger charge is 2.11. The molecule has 0 atom stereocenters. The number of thioether (sulfide) groups is 1. The van der Waals surface area contributed by atoms with Crippen molar-refractivity contribution >= 4 is 34.3 Å². The Morgan fingerprint density at radius 3 is 2.41 bits per heavy atom. The van der Waals surface area contributed by atoms with Gasteiger partial charge in [0.2, 0.25) is 0 Å². The molecular weight excluding hydrogens is 360 g/mol. The maximum atomic E-state index is 12.1. The fourth-order valence-corrected chi connectivity index (χ4v) is 3.32. The Balaban J connectivity index is 1.47. The summed E-state index contributed by atoms with van der Waals surface area (Å²) in [7, 11) is 0. The molecule has 0 saturated carbocycles. The quantitative estimate of drug-likeness (QED) is 0.320. The Morgan fingerprint density at radius 2 is 1.67 bits per heavy atom. The van der Waals surface area contributed by atoms with Crippen molar-refractivity contribution in [1.82, 2.24) is 0 Å². The van der Waals surface area contributed by atoms with E-state index in [1.54, 1.807) is 24.3 Å². The van der Waals surface area contributed by atoms with Crippen LogP contribution < -0.4 is 4.74 Å². The van der Waals surface area contributed by atoms with Gasteiger partial charge >= 0.3 is 5.97 Å². The first kappa shape index (κ1) is 19.0. The number of carbonyl (C=O) groups is 2. The molecular formula is C22H20O4S. The van der Waals surface area contributed by atoms with E-state index in [4.69, 9.17) is 9.47 Å². The molecule has 3 aromatic carbocycles. The predicted molar refractivity (Wildman–Crippen MR) is 108 cm³/mol. The van der Waals surface area contributed by atoms with Crippen molar-refractivity contribution in [2.75, 3.05) is 19.0 Å². The van der Waals surface area contributed by atoms with E-state index in [9.17, 15) is 9.59 Å². The molecule has 0 aliphatic rings. The van der Waals surface area contributed by atoms with E-state index in [2.05, 4.69) is 0 Å². The molecule has 4 nitrogen and oxygen atoms in total.